The smallest absolute Gasteiger partial charge is 0.254 e. The third-order valence-electron chi connectivity index (χ3n) is 3.03. The summed E-state index contributed by atoms with van der Waals surface area (Å²) in [4.78, 5) is 11.8. The zero-order valence-electron chi connectivity index (χ0n) is 13.1. The number of furan rings is 1. The van der Waals surface area contributed by atoms with Gasteiger partial charge in [-0.2, -0.15) is 0 Å². The fourth-order valence-electron chi connectivity index (χ4n) is 2.05. The quantitative estimate of drug-likeness (QED) is 0.810. The van der Waals surface area contributed by atoms with Gasteiger partial charge in [-0.15, -0.1) is 0 Å². The number of hydrogen-bond acceptors (Lipinski definition) is 4. The molecule has 6 nitrogen and oxygen atoms in total. The molecule has 0 saturated carbocycles. The Morgan fingerprint density at radius 1 is 1.13 bits per heavy atom. The van der Waals surface area contributed by atoms with Crippen molar-refractivity contribution in [1.82, 2.24) is 10.0 Å². The van der Waals surface area contributed by atoms with Crippen LogP contribution in [0.4, 0.5) is 0 Å². The van der Waals surface area contributed by atoms with E-state index in [0.717, 1.165) is 5.56 Å². The second kappa shape index (κ2) is 7.43. The minimum absolute atomic E-state index is 0.0627. The predicted octanol–water partition coefficient (Wildman–Crippen LogP) is 2.04. The minimum Gasteiger partial charge on any atom is -0.472 e. The Morgan fingerprint density at radius 3 is 2.35 bits per heavy atom. The monoisotopic (exact) mass is 336 g/mol. The van der Waals surface area contributed by atoms with E-state index in [4.69, 9.17) is 4.42 Å². The normalized spacial score (nSPS) is 11.6. The first kappa shape index (κ1) is 17.2. The number of hydrogen-bond donors (Lipinski definition) is 2. The lowest BCUT2D eigenvalue weighted by atomic mass is 10.1. The minimum atomic E-state index is -3.33. The molecule has 23 heavy (non-hydrogen) atoms. The summed E-state index contributed by atoms with van der Waals surface area (Å²) in [6.07, 6.45) is 2.82. The van der Waals surface area contributed by atoms with E-state index in [1.165, 1.54) is 12.5 Å². The van der Waals surface area contributed by atoms with Crippen molar-refractivity contribution in [3.63, 3.8) is 0 Å². The van der Waals surface area contributed by atoms with E-state index < -0.39 is 10.0 Å². The Hall–Kier alpha value is -2.12. The molecule has 124 valence electrons. The fraction of sp³-hybridized carbons (Fsp3) is 0.312. The second-order valence-electron chi connectivity index (χ2n) is 5.54. The van der Waals surface area contributed by atoms with Crippen LogP contribution in [-0.2, 0) is 22.3 Å². The molecule has 1 heterocycles. The van der Waals surface area contributed by atoms with Crippen LogP contribution in [0.5, 0.6) is 0 Å². The third kappa shape index (κ3) is 5.54. The van der Waals surface area contributed by atoms with E-state index in [1.54, 1.807) is 44.2 Å². The molecule has 0 saturated heterocycles. The lowest BCUT2D eigenvalue weighted by Crippen LogP contribution is -2.31. The van der Waals surface area contributed by atoms with Crippen LogP contribution in [0.25, 0.3) is 0 Å². The topological polar surface area (TPSA) is 88.4 Å². The predicted molar refractivity (Wildman–Crippen MR) is 87.2 cm³/mol. The van der Waals surface area contributed by atoms with Gasteiger partial charge in [0.1, 0.15) is 6.26 Å². The molecule has 2 aromatic rings. The van der Waals surface area contributed by atoms with Crippen molar-refractivity contribution < 1.29 is 17.6 Å². The van der Waals surface area contributed by atoms with Crippen molar-refractivity contribution in [2.24, 2.45) is 0 Å². The van der Waals surface area contributed by atoms with Crippen LogP contribution in [0.2, 0.25) is 0 Å². The first-order valence-electron chi connectivity index (χ1n) is 7.24. The Labute approximate surface area is 135 Å². The van der Waals surface area contributed by atoms with E-state index in [-0.39, 0.29) is 17.7 Å². The molecule has 0 bridgehead atoms. The summed E-state index contributed by atoms with van der Waals surface area (Å²) in [5.41, 5.74) is 2.05. The number of carbonyl (C=O) groups is 1. The highest BCUT2D eigenvalue weighted by molar-refractivity contribution is 7.88. The molecule has 0 aliphatic heterocycles. The van der Waals surface area contributed by atoms with E-state index in [0.29, 0.717) is 17.7 Å². The maximum Gasteiger partial charge on any atom is 0.254 e. The lowest BCUT2D eigenvalue weighted by molar-refractivity contribution is 0.0950. The van der Waals surface area contributed by atoms with Crippen molar-refractivity contribution in [2.75, 3.05) is 0 Å². The summed E-state index contributed by atoms with van der Waals surface area (Å²) < 4.78 is 31.1. The highest BCUT2D eigenvalue weighted by Gasteiger charge is 2.13. The lowest BCUT2D eigenvalue weighted by Gasteiger charge is -2.10. The molecule has 7 heteroatoms. The molecule has 0 aliphatic rings. The fourth-order valence-corrected chi connectivity index (χ4v) is 3.48. The van der Waals surface area contributed by atoms with Crippen LogP contribution in [-0.4, -0.2) is 20.4 Å². The van der Waals surface area contributed by atoms with Gasteiger partial charge in [0.25, 0.3) is 5.91 Å². The van der Waals surface area contributed by atoms with Gasteiger partial charge in [-0.3, -0.25) is 4.79 Å². The molecule has 0 aliphatic carbocycles. The Morgan fingerprint density at radius 2 is 1.78 bits per heavy atom. The van der Waals surface area contributed by atoms with Crippen LogP contribution >= 0.6 is 0 Å². The summed E-state index contributed by atoms with van der Waals surface area (Å²) in [6, 6.07) is 8.56. The third-order valence-corrected chi connectivity index (χ3v) is 4.58. The van der Waals surface area contributed by atoms with Gasteiger partial charge in [0.2, 0.25) is 10.0 Å². The maximum absolute atomic E-state index is 11.9. The van der Waals surface area contributed by atoms with Gasteiger partial charge in [-0.05, 0) is 31.0 Å². The van der Waals surface area contributed by atoms with Crippen LogP contribution in [0.15, 0.2) is 47.3 Å². The summed E-state index contributed by atoms with van der Waals surface area (Å²) in [6.45, 7) is 3.92. The van der Waals surface area contributed by atoms with Gasteiger partial charge in [0.15, 0.2) is 0 Å². The number of rotatable bonds is 7. The van der Waals surface area contributed by atoms with Crippen LogP contribution in [0.3, 0.4) is 0 Å². The van der Waals surface area contributed by atoms with Gasteiger partial charge in [0.05, 0.1) is 17.6 Å². The van der Waals surface area contributed by atoms with Crippen molar-refractivity contribution in [3.8, 4) is 0 Å². The van der Waals surface area contributed by atoms with Crippen molar-refractivity contribution in [3.05, 3.63) is 59.5 Å². The summed E-state index contributed by atoms with van der Waals surface area (Å²) in [7, 11) is -3.33. The van der Waals surface area contributed by atoms with E-state index in [2.05, 4.69) is 10.0 Å². The molecule has 0 unspecified atom stereocenters. The first-order chi connectivity index (χ1) is 10.9. The zero-order valence-corrected chi connectivity index (χ0v) is 13.9. The molecule has 1 aromatic heterocycles. The standard InChI is InChI=1S/C16H20N2O4S/c1-12(2)18-23(20,21)11-14-5-3-13(4-6-14)9-17-16(19)15-7-8-22-10-15/h3-8,10,12,18H,9,11H2,1-2H3,(H,17,19). The Kier molecular flexibility index (Phi) is 5.57. The van der Waals surface area contributed by atoms with E-state index in [9.17, 15) is 13.2 Å². The van der Waals surface area contributed by atoms with Gasteiger partial charge >= 0.3 is 0 Å². The Bertz CT molecular complexity index is 735. The van der Waals surface area contributed by atoms with E-state index >= 15 is 0 Å². The molecule has 2 N–H and O–H groups in total. The summed E-state index contributed by atoms with van der Waals surface area (Å²) in [5, 5.41) is 2.77. The summed E-state index contributed by atoms with van der Waals surface area (Å²) >= 11 is 0. The van der Waals surface area contributed by atoms with Gasteiger partial charge in [0, 0.05) is 12.6 Å². The molecule has 0 fully saturated rings. The molecule has 0 radical (unpaired) electrons. The first-order valence-corrected chi connectivity index (χ1v) is 8.89. The van der Waals surface area contributed by atoms with Crippen LogP contribution in [0, 0.1) is 0 Å². The molecule has 1 aromatic carbocycles. The highest BCUT2D eigenvalue weighted by atomic mass is 32.2. The highest BCUT2D eigenvalue weighted by Crippen LogP contribution is 2.09. The molecular weight excluding hydrogens is 316 g/mol. The molecular formula is C16H20N2O4S. The number of sulfonamides is 1. The van der Waals surface area contributed by atoms with Crippen molar-refractivity contribution >= 4 is 15.9 Å². The number of benzene rings is 1. The largest absolute Gasteiger partial charge is 0.472 e. The average molecular weight is 336 g/mol. The van der Waals surface area contributed by atoms with E-state index in [1.807, 2.05) is 0 Å². The molecule has 0 spiro atoms. The molecule has 0 atom stereocenters. The van der Waals surface area contributed by atoms with Gasteiger partial charge in [-0.25, -0.2) is 13.1 Å². The number of amides is 1. The molecule has 2 rings (SSSR count). The Balaban J connectivity index is 1.91. The SMILES string of the molecule is CC(C)NS(=O)(=O)Cc1ccc(CNC(=O)c2ccoc2)cc1. The summed E-state index contributed by atoms with van der Waals surface area (Å²) in [5.74, 6) is -0.279. The average Bonchev–Trinajstić information content (AvgIpc) is 2.98. The maximum atomic E-state index is 11.9. The zero-order chi connectivity index (χ0) is 16.9. The number of nitrogens with one attached hydrogen (secondary N) is 2. The van der Waals surface area contributed by atoms with Crippen molar-refractivity contribution in [1.29, 1.82) is 0 Å². The van der Waals surface area contributed by atoms with Gasteiger partial charge in [-0.1, -0.05) is 24.3 Å². The number of carbonyl (C=O) groups excluding carboxylic acids is 1. The van der Waals surface area contributed by atoms with Crippen LogP contribution in [0.1, 0.15) is 35.3 Å². The molecule has 1 amide bonds. The second-order valence-corrected chi connectivity index (χ2v) is 7.30. The van der Waals surface area contributed by atoms with Crippen LogP contribution < -0.4 is 10.0 Å². The van der Waals surface area contributed by atoms with Gasteiger partial charge < -0.3 is 9.73 Å². The van der Waals surface area contributed by atoms with Crippen molar-refractivity contribution in [2.45, 2.75) is 32.2 Å².